The van der Waals surface area contributed by atoms with E-state index in [1.54, 1.807) is 12.1 Å². The number of aliphatic hydroxyl groups is 1. The van der Waals surface area contributed by atoms with Crippen molar-refractivity contribution in [2.75, 3.05) is 0 Å². The van der Waals surface area contributed by atoms with E-state index in [1.165, 1.54) is 0 Å². The van der Waals surface area contributed by atoms with Gasteiger partial charge in [-0.3, -0.25) is 0 Å². The summed E-state index contributed by atoms with van der Waals surface area (Å²) >= 11 is 6.50. The van der Waals surface area contributed by atoms with Crippen LogP contribution in [0.3, 0.4) is 0 Å². The molecule has 0 amide bonds. The van der Waals surface area contributed by atoms with Crippen molar-refractivity contribution in [3.63, 3.8) is 0 Å². The van der Waals surface area contributed by atoms with Crippen molar-refractivity contribution in [1.82, 2.24) is 0 Å². The van der Waals surface area contributed by atoms with Gasteiger partial charge in [0.1, 0.15) is 5.75 Å². The molecule has 3 nitrogen and oxygen atoms in total. The summed E-state index contributed by atoms with van der Waals surface area (Å²) in [7, 11) is 0. The van der Waals surface area contributed by atoms with Gasteiger partial charge in [-0.2, -0.15) is 0 Å². The van der Waals surface area contributed by atoms with E-state index in [-0.39, 0.29) is 24.1 Å². The summed E-state index contributed by atoms with van der Waals surface area (Å²) < 4.78 is 1.13. The Bertz CT molecular complexity index is 381. The van der Waals surface area contributed by atoms with Crippen LogP contribution < -0.4 is 5.73 Å². The fourth-order valence-corrected chi connectivity index (χ4v) is 2.79. The predicted molar refractivity (Wildman–Crippen MR) is 83.1 cm³/mol. The quantitative estimate of drug-likeness (QED) is 0.717. The second-order valence-corrected chi connectivity index (χ2v) is 5.94. The minimum Gasteiger partial charge on any atom is -0.506 e. The first-order valence-electron chi connectivity index (χ1n) is 5.50. The Morgan fingerprint density at radius 2 is 1.72 bits per heavy atom. The number of nitrogens with two attached hydrogens (primary N) is 1. The van der Waals surface area contributed by atoms with E-state index in [1.807, 2.05) is 13.8 Å². The fourth-order valence-electron chi connectivity index (χ4n) is 1.57. The van der Waals surface area contributed by atoms with Crippen molar-refractivity contribution in [2.45, 2.75) is 32.4 Å². The molecule has 18 heavy (non-hydrogen) atoms. The molecule has 6 heteroatoms. The lowest BCUT2D eigenvalue weighted by Gasteiger charge is -2.24. The summed E-state index contributed by atoms with van der Waals surface area (Å²) in [5.41, 5.74) is 6.82. The van der Waals surface area contributed by atoms with E-state index in [0.717, 1.165) is 12.0 Å². The van der Waals surface area contributed by atoms with Crippen LogP contribution in [0.2, 0.25) is 0 Å². The largest absolute Gasteiger partial charge is 0.506 e. The van der Waals surface area contributed by atoms with Gasteiger partial charge in [-0.1, -0.05) is 20.3 Å². The van der Waals surface area contributed by atoms with Gasteiger partial charge in [0.2, 0.25) is 0 Å². The zero-order valence-corrected chi connectivity index (χ0v) is 14.2. The van der Waals surface area contributed by atoms with Gasteiger partial charge in [-0.05, 0) is 55.5 Å². The highest BCUT2D eigenvalue weighted by atomic mass is 79.9. The number of hydrogen-bond donors (Lipinski definition) is 3. The third-order valence-electron chi connectivity index (χ3n) is 3.02. The second kappa shape index (κ2) is 7.70. The van der Waals surface area contributed by atoms with Crippen LogP contribution in [0.4, 0.5) is 0 Å². The van der Waals surface area contributed by atoms with Crippen molar-refractivity contribution in [2.24, 2.45) is 11.7 Å². The first-order valence-corrected chi connectivity index (χ1v) is 7.08. The number of phenols is 1. The standard InChI is InChI=1S/C12H17Br2NO2.ClH/c1-3-6(2)11(16)10(15)7-4-8(13)12(17)9(14)5-7;/h4-6,10-11,16-17H,3,15H2,1-2H3;1H/t6?,10-,11+;/m0./s1. The molecule has 0 saturated carbocycles. The summed E-state index contributed by atoms with van der Waals surface area (Å²) in [6, 6.07) is 3.00. The molecule has 0 radical (unpaired) electrons. The van der Waals surface area contributed by atoms with Gasteiger partial charge >= 0.3 is 0 Å². The highest BCUT2D eigenvalue weighted by molar-refractivity contribution is 9.11. The zero-order chi connectivity index (χ0) is 13.2. The van der Waals surface area contributed by atoms with Crippen LogP contribution in [-0.4, -0.2) is 16.3 Å². The number of hydrogen-bond acceptors (Lipinski definition) is 3. The topological polar surface area (TPSA) is 66.5 Å². The number of aliphatic hydroxyl groups excluding tert-OH is 1. The lowest BCUT2D eigenvalue weighted by molar-refractivity contribution is 0.0879. The Labute approximate surface area is 130 Å². The number of phenolic OH excluding ortho intramolecular Hbond substituents is 1. The number of rotatable bonds is 4. The number of benzene rings is 1. The maximum absolute atomic E-state index is 10.1. The van der Waals surface area contributed by atoms with E-state index < -0.39 is 12.1 Å². The molecule has 0 aromatic heterocycles. The maximum Gasteiger partial charge on any atom is 0.143 e. The van der Waals surface area contributed by atoms with Crippen molar-refractivity contribution in [3.05, 3.63) is 26.6 Å². The highest BCUT2D eigenvalue weighted by Gasteiger charge is 2.23. The summed E-state index contributed by atoms with van der Waals surface area (Å²) in [5.74, 6) is 0.273. The Morgan fingerprint density at radius 3 is 2.11 bits per heavy atom. The molecule has 0 fully saturated rings. The first kappa shape index (κ1) is 18.2. The van der Waals surface area contributed by atoms with Crippen LogP contribution in [0.5, 0.6) is 5.75 Å². The third-order valence-corrected chi connectivity index (χ3v) is 4.23. The van der Waals surface area contributed by atoms with Gasteiger partial charge in [-0.25, -0.2) is 0 Å². The van der Waals surface area contributed by atoms with Gasteiger partial charge in [0.05, 0.1) is 21.1 Å². The molecular weight excluding hydrogens is 385 g/mol. The van der Waals surface area contributed by atoms with Crippen LogP contribution in [0.15, 0.2) is 21.1 Å². The Kier molecular flexibility index (Phi) is 7.78. The minimum atomic E-state index is -0.594. The molecule has 0 spiro atoms. The average Bonchev–Trinajstić information content (AvgIpc) is 2.32. The second-order valence-electron chi connectivity index (χ2n) is 4.24. The Balaban J connectivity index is 0.00000289. The summed E-state index contributed by atoms with van der Waals surface area (Å²) in [4.78, 5) is 0. The average molecular weight is 404 g/mol. The van der Waals surface area contributed by atoms with Gasteiger partial charge in [0.15, 0.2) is 0 Å². The lowest BCUT2D eigenvalue weighted by Crippen LogP contribution is -2.31. The van der Waals surface area contributed by atoms with Gasteiger partial charge in [0.25, 0.3) is 0 Å². The Morgan fingerprint density at radius 1 is 1.28 bits per heavy atom. The molecule has 0 saturated heterocycles. The smallest absolute Gasteiger partial charge is 0.143 e. The van der Waals surface area contributed by atoms with E-state index in [0.29, 0.717) is 8.95 Å². The summed E-state index contributed by atoms with van der Waals surface area (Å²) in [5, 5.41) is 19.7. The van der Waals surface area contributed by atoms with Crippen LogP contribution in [0, 0.1) is 5.92 Å². The van der Waals surface area contributed by atoms with Crippen molar-refractivity contribution >= 4 is 44.3 Å². The van der Waals surface area contributed by atoms with E-state index in [2.05, 4.69) is 31.9 Å². The van der Waals surface area contributed by atoms with E-state index in [4.69, 9.17) is 5.73 Å². The molecule has 1 rings (SSSR count). The normalized spacial score (nSPS) is 15.7. The number of aromatic hydroxyl groups is 1. The molecule has 0 bridgehead atoms. The molecular formula is C12H18Br2ClNO2. The van der Waals surface area contributed by atoms with Crippen LogP contribution >= 0.6 is 44.3 Å². The molecule has 104 valence electrons. The van der Waals surface area contributed by atoms with E-state index >= 15 is 0 Å². The molecule has 1 aromatic carbocycles. The lowest BCUT2D eigenvalue weighted by atomic mass is 9.91. The van der Waals surface area contributed by atoms with Gasteiger partial charge in [0, 0.05) is 0 Å². The van der Waals surface area contributed by atoms with Crippen LogP contribution in [0.1, 0.15) is 31.9 Å². The zero-order valence-electron chi connectivity index (χ0n) is 10.2. The van der Waals surface area contributed by atoms with Crippen LogP contribution in [-0.2, 0) is 0 Å². The van der Waals surface area contributed by atoms with Crippen molar-refractivity contribution < 1.29 is 10.2 Å². The molecule has 0 aliphatic heterocycles. The molecule has 3 atom stereocenters. The molecule has 1 unspecified atom stereocenters. The minimum absolute atomic E-state index is 0. The fraction of sp³-hybridized carbons (Fsp3) is 0.500. The van der Waals surface area contributed by atoms with Crippen LogP contribution in [0.25, 0.3) is 0 Å². The third kappa shape index (κ3) is 4.10. The monoisotopic (exact) mass is 401 g/mol. The summed E-state index contributed by atoms with van der Waals surface area (Å²) in [6.07, 6.45) is 0.276. The predicted octanol–water partition coefficient (Wildman–Crippen LogP) is 3.75. The maximum atomic E-state index is 10.1. The van der Waals surface area contributed by atoms with E-state index in [9.17, 15) is 10.2 Å². The van der Waals surface area contributed by atoms with Crippen molar-refractivity contribution in [3.8, 4) is 5.75 Å². The molecule has 0 aliphatic carbocycles. The summed E-state index contributed by atoms with van der Waals surface area (Å²) in [6.45, 7) is 3.98. The highest BCUT2D eigenvalue weighted by Crippen LogP contribution is 2.35. The molecule has 0 aliphatic rings. The first-order chi connectivity index (χ1) is 7.88. The SMILES string of the molecule is CCC(C)[C@@H](O)[C@@H](N)c1cc(Br)c(O)c(Br)c1.Cl. The molecule has 4 N–H and O–H groups in total. The molecule has 0 heterocycles. The van der Waals surface area contributed by atoms with Gasteiger partial charge in [-0.15, -0.1) is 12.4 Å². The molecule has 1 aromatic rings. The van der Waals surface area contributed by atoms with Gasteiger partial charge < -0.3 is 15.9 Å². The Hall–Kier alpha value is 0.190. The van der Waals surface area contributed by atoms with Crippen molar-refractivity contribution in [1.29, 1.82) is 0 Å². The number of halogens is 3.